The molecule has 2 saturated heterocycles. The van der Waals surface area contributed by atoms with Crippen LogP contribution in [0.15, 0.2) is 5.18 Å². The molecular weight excluding hydrogens is 128 g/mol. The van der Waals surface area contributed by atoms with Gasteiger partial charge in [-0.25, -0.2) is 0 Å². The molecule has 2 aliphatic rings. The topological polar surface area (TPSA) is 41.5 Å². The minimum atomic E-state index is 0.110. The summed E-state index contributed by atoms with van der Waals surface area (Å²) >= 11 is 0. The molecule has 0 amide bonds. The van der Waals surface area contributed by atoms with E-state index < -0.39 is 0 Å². The molecule has 2 aliphatic heterocycles. The van der Waals surface area contributed by atoms with E-state index in [1.54, 1.807) is 0 Å². The van der Waals surface area contributed by atoms with Gasteiger partial charge < -0.3 is 5.32 Å². The Morgan fingerprint density at radius 1 is 1.20 bits per heavy atom. The van der Waals surface area contributed by atoms with Gasteiger partial charge in [-0.05, 0) is 25.7 Å². The lowest BCUT2D eigenvalue weighted by atomic mass is 10.0. The third-order valence-electron chi connectivity index (χ3n) is 2.60. The average molecular weight is 140 g/mol. The largest absolute Gasteiger partial charge is 0.311 e. The number of piperidine rings is 1. The molecular formula is C7H12N2O. The Kier molecular flexibility index (Phi) is 1.45. The first kappa shape index (κ1) is 6.28. The van der Waals surface area contributed by atoms with Crippen molar-refractivity contribution in [1.82, 2.24) is 5.32 Å². The number of nitrogens with zero attached hydrogens (tertiary/aromatic N) is 1. The molecule has 0 aromatic heterocycles. The first-order valence-corrected chi connectivity index (χ1v) is 3.97. The monoisotopic (exact) mass is 140 g/mol. The fourth-order valence-corrected chi connectivity index (χ4v) is 2.11. The van der Waals surface area contributed by atoms with Gasteiger partial charge in [0, 0.05) is 12.1 Å². The fourth-order valence-electron chi connectivity index (χ4n) is 2.11. The second kappa shape index (κ2) is 2.31. The Labute approximate surface area is 60.2 Å². The Balaban J connectivity index is 2.02. The summed E-state index contributed by atoms with van der Waals surface area (Å²) in [7, 11) is 0. The number of rotatable bonds is 1. The van der Waals surface area contributed by atoms with Crippen LogP contribution in [0.25, 0.3) is 0 Å². The zero-order valence-electron chi connectivity index (χ0n) is 5.92. The van der Waals surface area contributed by atoms with E-state index in [0.29, 0.717) is 12.1 Å². The highest BCUT2D eigenvalue weighted by atomic mass is 16.3. The molecule has 0 saturated carbocycles. The SMILES string of the molecule is O=NC1CC2CCC(C1)N2. The van der Waals surface area contributed by atoms with Gasteiger partial charge in [0.05, 0.1) is 6.04 Å². The van der Waals surface area contributed by atoms with Crippen molar-refractivity contribution in [3.63, 3.8) is 0 Å². The van der Waals surface area contributed by atoms with Gasteiger partial charge in [0.15, 0.2) is 0 Å². The Bertz CT molecular complexity index is 137. The highest BCUT2D eigenvalue weighted by Crippen LogP contribution is 2.28. The van der Waals surface area contributed by atoms with Gasteiger partial charge in [0.25, 0.3) is 0 Å². The number of nitroso groups, excluding NO2 is 1. The Morgan fingerprint density at radius 3 is 2.30 bits per heavy atom. The number of nitrogens with one attached hydrogen (secondary N) is 1. The van der Waals surface area contributed by atoms with Gasteiger partial charge in [0.2, 0.25) is 0 Å². The number of hydrogen-bond donors (Lipinski definition) is 1. The third-order valence-corrected chi connectivity index (χ3v) is 2.60. The fraction of sp³-hybridized carbons (Fsp3) is 1.00. The van der Waals surface area contributed by atoms with E-state index in [1.807, 2.05) is 0 Å². The Morgan fingerprint density at radius 2 is 1.80 bits per heavy atom. The van der Waals surface area contributed by atoms with Gasteiger partial charge in [0.1, 0.15) is 0 Å². The van der Waals surface area contributed by atoms with Gasteiger partial charge in [-0.15, -0.1) is 0 Å². The molecule has 3 nitrogen and oxygen atoms in total. The van der Waals surface area contributed by atoms with Gasteiger partial charge in [-0.3, -0.25) is 0 Å². The highest BCUT2D eigenvalue weighted by molar-refractivity contribution is 4.94. The molecule has 2 fully saturated rings. The molecule has 56 valence electrons. The van der Waals surface area contributed by atoms with E-state index in [4.69, 9.17) is 0 Å². The minimum absolute atomic E-state index is 0.110. The van der Waals surface area contributed by atoms with Gasteiger partial charge in [-0.2, -0.15) is 4.91 Å². The average Bonchev–Trinajstić information content (AvgIpc) is 2.30. The molecule has 0 radical (unpaired) electrons. The predicted octanol–water partition coefficient (Wildman–Crippen LogP) is 1.04. The summed E-state index contributed by atoms with van der Waals surface area (Å²) < 4.78 is 0. The predicted molar refractivity (Wildman–Crippen MR) is 38.8 cm³/mol. The summed E-state index contributed by atoms with van der Waals surface area (Å²) in [4.78, 5) is 10.2. The molecule has 0 aromatic carbocycles. The van der Waals surface area contributed by atoms with Crippen LogP contribution in [-0.4, -0.2) is 18.1 Å². The van der Waals surface area contributed by atoms with Crippen LogP contribution in [0.3, 0.4) is 0 Å². The van der Waals surface area contributed by atoms with Crippen molar-refractivity contribution in [3.05, 3.63) is 4.91 Å². The van der Waals surface area contributed by atoms with Gasteiger partial charge >= 0.3 is 0 Å². The van der Waals surface area contributed by atoms with E-state index in [2.05, 4.69) is 10.5 Å². The van der Waals surface area contributed by atoms with Crippen LogP contribution in [0.4, 0.5) is 0 Å². The van der Waals surface area contributed by atoms with E-state index >= 15 is 0 Å². The maximum atomic E-state index is 10.2. The first-order valence-electron chi connectivity index (χ1n) is 3.97. The summed E-state index contributed by atoms with van der Waals surface area (Å²) in [5, 5.41) is 6.55. The van der Waals surface area contributed by atoms with Gasteiger partial charge in [-0.1, -0.05) is 5.18 Å². The van der Waals surface area contributed by atoms with Crippen LogP contribution < -0.4 is 5.32 Å². The van der Waals surface area contributed by atoms with Crippen LogP contribution in [-0.2, 0) is 0 Å². The van der Waals surface area contributed by atoms with E-state index in [1.165, 1.54) is 12.8 Å². The molecule has 2 unspecified atom stereocenters. The van der Waals surface area contributed by atoms with Crippen molar-refractivity contribution in [1.29, 1.82) is 0 Å². The quantitative estimate of drug-likeness (QED) is 0.553. The van der Waals surface area contributed by atoms with E-state index in [9.17, 15) is 4.91 Å². The molecule has 0 aliphatic carbocycles. The molecule has 1 N–H and O–H groups in total. The highest BCUT2D eigenvalue weighted by Gasteiger charge is 2.33. The van der Waals surface area contributed by atoms with Crippen molar-refractivity contribution in [2.45, 2.75) is 43.8 Å². The van der Waals surface area contributed by atoms with Crippen LogP contribution >= 0.6 is 0 Å². The molecule has 3 heteroatoms. The normalized spacial score (nSPS) is 45.4. The van der Waals surface area contributed by atoms with Crippen LogP contribution in [0.5, 0.6) is 0 Å². The molecule has 2 bridgehead atoms. The van der Waals surface area contributed by atoms with Crippen molar-refractivity contribution in [3.8, 4) is 0 Å². The lowest BCUT2D eigenvalue weighted by Gasteiger charge is -2.23. The molecule has 2 heterocycles. The van der Waals surface area contributed by atoms with Crippen molar-refractivity contribution >= 4 is 0 Å². The minimum Gasteiger partial charge on any atom is -0.311 e. The number of hydrogen-bond acceptors (Lipinski definition) is 3. The second-order valence-electron chi connectivity index (χ2n) is 3.37. The van der Waals surface area contributed by atoms with Crippen molar-refractivity contribution < 1.29 is 0 Å². The molecule has 2 atom stereocenters. The summed E-state index contributed by atoms with van der Waals surface area (Å²) in [5.41, 5.74) is 0. The van der Waals surface area contributed by atoms with E-state index in [-0.39, 0.29) is 6.04 Å². The smallest absolute Gasteiger partial charge is 0.0949 e. The standard InChI is InChI=1S/C7H12N2O/c10-9-7-3-5-1-2-6(4-7)8-5/h5-8H,1-4H2. The molecule has 0 spiro atoms. The lowest BCUT2D eigenvalue weighted by Crippen LogP contribution is -2.39. The second-order valence-corrected chi connectivity index (χ2v) is 3.37. The number of fused-ring (bicyclic) bond motifs is 2. The zero-order chi connectivity index (χ0) is 6.97. The maximum absolute atomic E-state index is 10.2. The third kappa shape index (κ3) is 0.944. The summed E-state index contributed by atoms with van der Waals surface area (Å²) in [6, 6.07) is 1.31. The molecule has 0 aromatic rings. The summed E-state index contributed by atoms with van der Waals surface area (Å²) in [6.45, 7) is 0. The summed E-state index contributed by atoms with van der Waals surface area (Å²) in [5.74, 6) is 0. The molecule has 2 rings (SSSR count). The van der Waals surface area contributed by atoms with Crippen LogP contribution in [0.2, 0.25) is 0 Å². The van der Waals surface area contributed by atoms with Crippen LogP contribution in [0, 0.1) is 4.91 Å². The van der Waals surface area contributed by atoms with Crippen LogP contribution in [0.1, 0.15) is 25.7 Å². The first-order chi connectivity index (χ1) is 4.88. The zero-order valence-corrected chi connectivity index (χ0v) is 5.92. The maximum Gasteiger partial charge on any atom is 0.0949 e. The molecule has 10 heavy (non-hydrogen) atoms. The summed E-state index contributed by atoms with van der Waals surface area (Å²) in [6.07, 6.45) is 4.44. The van der Waals surface area contributed by atoms with Crippen molar-refractivity contribution in [2.75, 3.05) is 0 Å². The van der Waals surface area contributed by atoms with Crippen molar-refractivity contribution in [2.24, 2.45) is 5.18 Å². The Hall–Kier alpha value is -0.440. The van der Waals surface area contributed by atoms with E-state index in [0.717, 1.165) is 12.8 Å². The lowest BCUT2D eigenvalue weighted by molar-refractivity contribution is 0.363.